The molecule has 6 fully saturated rings. The molecule has 2 aliphatic carbocycles. The first-order valence-electron chi connectivity index (χ1n) is 12.0. The number of carbonyl (C=O) groups excluding carboxylic acids is 3. The Labute approximate surface area is 195 Å². The highest BCUT2D eigenvalue weighted by atomic mass is 16.8. The van der Waals surface area contributed by atoms with E-state index in [4.69, 9.17) is 28.4 Å². The summed E-state index contributed by atoms with van der Waals surface area (Å²) in [6.07, 6.45) is 1.81. The summed E-state index contributed by atoms with van der Waals surface area (Å²) in [5.74, 6) is -3.49. The topological polar surface area (TPSA) is 110 Å². The number of epoxide rings is 1. The summed E-state index contributed by atoms with van der Waals surface area (Å²) in [7, 11) is 0. The van der Waals surface area contributed by atoms with Gasteiger partial charge in [-0.15, -0.1) is 0 Å². The number of esters is 3. The third-order valence-electron chi connectivity index (χ3n) is 10.5. The quantitative estimate of drug-likeness (QED) is 0.296. The molecule has 8 rings (SSSR count). The predicted molar refractivity (Wildman–Crippen MR) is 109 cm³/mol. The largest absolute Gasteiger partial charge is 0.456 e. The monoisotopic (exact) mass is 470 g/mol. The smallest absolute Gasteiger partial charge is 0.332 e. The highest BCUT2D eigenvalue weighted by molar-refractivity contribution is 5.91. The third kappa shape index (κ3) is 1.58. The van der Waals surface area contributed by atoms with Crippen LogP contribution in [0.5, 0.6) is 0 Å². The van der Waals surface area contributed by atoms with Gasteiger partial charge in [0.15, 0.2) is 6.10 Å². The Morgan fingerprint density at radius 2 is 1.71 bits per heavy atom. The molecule has 0 aromatic heterocycles. The molecule has 0 unspecified atom stereocenters. The van der Waals surface area contributed by atoms with E-state index >= 15 is 0 Å². The van der Waals surface area contributed by atoms with Crippen LogP contribution >= 0.6 is 0 Å². The molecule has 6 aliphatic heterocycles. The van der Waals surface area contributed by atoms with Crippen LogP contribution in [0.2, 0.25) is 0 Å². The van der Waals surface area contributed by atoms with Gasteiger partial charge < -0.3 is 28.4 Å². The fourth-order valence-corrected chi connectivity index (χ4v) is 9.14. The standard InChI is InChI=1S/C25H26O9/c1-10-25-24(19(28)30-10)16-17(34-25)31-18(27)21(16,4)8-13-22(24,5)14(32-25)6-11-12(23(13)9-29-23)7-15(26)33-20(11,2)3/h6-7,10,13-14,16-17H,8-9H2,1-5H3/t10-,13-,14+,16-,17+,21-,22-,23+,24+,25-/m1/s1. The fraction of sp³-hybridized carbons (Fsp3) is 0.720. The van der Waals surface area contributed by atoms with E-state index < -0.39 is 69.6 Å². The average molecular weight is 470 g/mol. The van der Waals surface area contributed by atoms with Crippen molar-refractivity contribution < 1.29 is 42.8 Å². The van der Waals surface area contributed by atoms with Crippen LogP contribution in [0.25, 0.3) is 0 Å². The van der Waals surface area contributed by atoms with Gasteiger partial charge in [0.25, 0.3) is 0 Å². The molecule has 5 saturated heterocycles. The molecule has 34 heavy (non-hydrogen) atoms. The van der Waals surface area contributed by atoms with E-state index in [9.17, 15) is 14.4 Å². The van der Waals surface area contributed by atoms with Gasteiger partial charge in [0.1, 0.15) is 16.6 Å². The summed E-state index contributed by atoms with van der Waals surface area (Å²) < 4.78 is 36.8. The van der Waals surface area contributed by atoms with E-state index in [0.717, 1.165) is 11.1 Å². The maximum Gasteiger partial charge on any atom is 0.332 e. The van der Waals surface area contributed by atoms with Gasteiger partial charge in [0, 0.05) is 23.0 Å². The summed E-state index contributed by atoms with van der Waals surface area (Å²) in [5.41, 5.74) is -3.30. The number of hydrogen-bond donors (Lipinski definition) is 0. The van der Waals surface area contributed by atoms with Gasteiger partial charge in [-0.25, -0.2) is 4.79 Å². The number of rotatable bonds is 0. The van der Waals surface area contributed by atoms with Crippen molar-refractivity contribution in [3.8, 4) is 0 Å². The number of fused-ring (bicyclic) bond motifs is 3. The second-order valence-corrected chi connectivity index (χ2v) is 12.1. The van der Waals surface area contributed by atoms with Crippen LogP contribution in [0.1, 0.15) is 41.0 Å². The number of hydrogen-bond acceptors (Lipinski definition) is 9. The lowest BCUT2D eigenvalue weighted by Gasteiger charge is -2.56. The highest BCUT2D eigenvalue weighted by Gasteiger charge is 2.97. The van der Waals surface area contributed by atoms with E-state index in [0.29, 0.717) is 13.0 Å². The van der Waals surface area contributed by atoms with E-state index in [1.54, 1.807) is 6.92 Å². The zero-order chi connectivity index (χ0) is 23.8. The molecule has 0 aromatic rings. The lowest BCUT2D eigenvalue weighted by molar-refractivity contribution is -0.285. The zero-order valence-electron chi connectivity index (χ0n) is 19.6. The third-order valence-corrected chi connectivity index (χ3v) is 10.5. The van der Waals surface area contributed by atoms with Crippen LogP contribution in [-0.2, 0) is 42.8 Å². The molecular formula is C25H26O9. The van der Waals surface area contributed by atoms with E-state index in [-0.39, 0.29) is 11.9 Å². The van der Waals surface area contributed by atoms with Crippen molar-refractivity contribution in [3.63, 3.8) is 0 Å². The minimum Gasteiger partial charge on any atom is -0.456 e. The molecule has 9 nitrogen and oxygen atoms in total. The Morgan fingerprint density at radius 3 is 2.41 bits per heavy atom. The molecule has 0 N–H and O–H groups in total. The van der Waals surface area contributed by atoms with Crippen molar-refractivity contribution in [1.82, 2.24) is 0 Å². The van der Waals surface area contributed by atoms with Gasteiger partial charge in [-0.2, -0.15) is 0 Å². The lowest BCUT2D eigenvalue weighted by Crippen LogP contribution is -2.67. The normalized spacial score (nSPS) is 58.7. The molecule has 0 radical (unpaired) electrons. The van der Waals surface area contributed by atoms with Crippen molar-refractivity contribution in [2.75, 3.05) is 6.61 Å². The van der Waals surface area contributed by atoms with E-state index in [1.807, 2.05) is 33.8 Å². The molecule has 0 bridgehead atoms. The Kier molecular flexibility index (Phi) is 2.95. The SMILES string of the molecule is C[C@H]1OC(=O)[C@@]23[C@@H]4[C@H]5OC(=O)[C@]4(C)C[C@@H]4[C@]2(C)[C@H](C=C2C(=CC(=O)OC2(C)C)[C@@]42CO2)O[C@@]13O5. The Balaban J connectivity index is 1.49. The summed E-state index contributed by atoms with van der Waals surface area (Å²) in [6, 6.07) is 0. The van der Waals surface area contributed by atoms with Crippen molar-refractivity contribution in [2.45, 2.75) is 76.5 Å². The first kappa shape index (κ1) is 20.0. The Morgan fingerprint density at radius 1 is 0.971 bits per heavy atom. The molecule has 9 heteroatoms. The fourth-order valence-electron chi connectivity index (χ4n) is 9.14. The maximum atomic E-state index is 14.0. The van der Waals surface area contributed by atoms with Crippen molar-refractivity contribution in [3.05, 3.63) is 23.3 Å². The number of cyclic esters (lactones) is 2. The van der Waals surface area contributed by atoms with Crippen LogP contribution in [0.15, 0.2) is 23.3 Å². The van der Waals surface area contributed by atoms with Gasteiger partial charge in [0.2, 0.25) is 12.1 Å². The second-order valence-electron chi connectivity index (χ2n) is 12.1. The summed E-state index contributed by atoms with van der Waals surface area (Å²) >= 11 is 0. The minimum atomic E-state index is -1.39. The molecule has 0 aromatic carbocycles. The molecule has 8 aliphatic rings. The minimum absolute atomic E-state index is 0.333. The highest BCUT2D eigenvalue weighted by Crippen LogP contribution is 2.84. The first-order chi connectivity index (χ1) is 15.9. The van der Waals surface area contributed by atoms with Crippen molar-refractivity contribution >= 4 is 17.9 Å². The molecule has 0 amide bonds. The van der Waals surface area contributed by atoms with Gasteiger partial charge in [-0.05, 0) is 45.8 Å². The van der Waals surface area contributed by atoms with Gasteiger partial charge in [-0.1, -0.05) is 6.92 Å². The maximum absolute atomic E-state index is 14.0. The molecule has 2 spiro atoms. The Hall–Kier alpha value is -2.23. The molecule has 6 heterocycles. The van der Waals surface area contributed by atoms with E-state index in [1.165, 1.54) is 6.08 Å². The molecular weight excluding hydrogens is 444 g/mol. The zero-order valence-corrected chi connectivity index (χ0v) is 19.6. The van der Waals surface area contributed by atoms with Gasteiger partial charge >= 0.3 is 17.9 Å². The number of ether oxygens (including phenoxy) is 6. The predicted octanol–water partition coefficient (Wildman–Crippen LogP) is 1.55. The van der Waals surface area contributed by atoms with Crippen LogP contribution in [0.4, 0.5) is 0 Å². The first-order valence-corrected chi connectivity index (χ1v) is 12.0. The van der Waals surface area contributed by atoms with Crippen LogP contribution in [0.3, 0.4) is 0 Å². The van der Waals surface area contributed by atoms with Crippen molar-refractivity contribution in [2.24, 2.45) is 28.1 Å². The number of carbonyl (C=O) groups is 3. The lowest BCUT2D eigenvalue weighted by atomic mass is 9.39. The van der Waals surface area contributed by atoms with Crippen LogP contribution in [0, 0.1) is 28.1 Å². The molecule has 1 saturated carbocycles. The molecule has 180 valence electrons. The average Bonchev–Trinajstić information content (AvgIpc) is 3.31. The van der Waals surface area contributed by atoms with E-state index in [2.05, 4.69) is 0 Å². The van der Waals surface area contributed by atoms with Crippen LogP contribution in [-0.4, -0.2) is 60.0 Å². The van der Waals surface area contributed by atoms with Gasteiger partial charge in [-0.3, -0.25) is 9.59 Å². The summed E-state index contributed by atoms with van der Waals surface area (Å²) in [5, 5.41) is 0. The Bertz CT molecular complexity index is 1210. The second kappa shape index (κ2) is 5.01. The summed E-state index contributed by atoms with van der Waals surface area (Å²) in [4.78, 5) is 39.9. The van der Waals surface area contributed by atoms with Crippen LogP contribution < -0.4 is 0 Å². The molecule has 10 atom stereocenters. The van der Waals surface area contributed by atoms with Gasteiger partial charge in [0.05, 0.1) is 24.0 Å². The van der Waals surface area contributed by atoms with Crippen molar-refractivity contribution in [1.29, 1.82) is 0 Å². The summed E-state index contributed by atoms with van der Waals surface area (Å²) in [6.45, 7) is 9.76.